The van der Waals surface area contributed by atoms with E-state index in [0.29, 0.717) is 13.2 Å². The lowest BCUT2D eigenvalue weighted by atomic mass is 10.0. The van der Waals surface area contributed by atoms with E-state index < -0.39 is 15.8 Å². The first kappa shape index (κ1) is 18.1. The second-order valence-electron chi connectivity index (χ2n) is 5.50. The quantitative estimate of drug-likeness (QED) is 0.690. The van der Waals surface area contributed by atoms with Crippen LogP contribution in [0.25, 0.3) is 0 Å². The molecule has 1 atom stereocenters. The van der Waals surface area contributed by atoms with Gasteiger partial charge in [0, 0.05) is 13.7 Å². The minimum atomic E-state index is -3.83. The second kappa shape index (κ2) is 8.58. The molecule has 1 aromatic rings. The highest BCUT2D eigenvalue weighted by Gasteiger charge is 2.23. The number of halogens is 1. The number of piperidine rings is 1. The minimum absolute atomic E-state index is 0.123. The van der Waals surface area contributed by atoms with E-state index in [0.717, 1.165) is 32.0 Å². The fourth-order valence-corrected chi connectivity index (χ4v) is 3.72. The van der Waals surface area contributed by atoms with Crippen LogP contribution in [0, 0.1) is 11.7 Å². The third-order valence-electron chi connectivity index (χ3n) is 3.70. The molecular weight excluding hydrogens is 323 g/mol. The van der Waals surface area contributed by atoms with E-state index in [1.807, 2.05) is 0 Å². The molecule has 8 heteroatoms. The Hall–Kier alpha value is -1.22. The molecule has 0 saturated carbocycles. The van der Waals surface area contributed by atoms with Crippen molar-refractivity contribution >= 4 is 10.0 Å². The first-order chi connectivity index (χ1) is 11.0. The van der Waals surface area contributed by atoms with E-state index >= 15 is 0 Å². The molecule has 1 unspecified atom stereocenters. The summed E-state index contributed by atoms with van der Waals surface area (Å²) >= 11 is 0. The summed E-state index contributed by atoms with van der Waals surface area (Å²) in [6.07, 6.45) is 1.99. The van der Waals surface area contributed by atoms with Crippen LogP contribution in [0.1, 0.15) is 12.8 Å². The Kier molecular flexibility index (Phi) is 6.76. The van der Waals surface area contributed by atoms with E-state index in [2.05, 4.69) is 10.0 Å². The summed E-state index contributed by atoms with van der Waals surface area (Å²) in [6, 6.07) is 3.47. The first-order valence-electron chi connectivity index (χ1n) is 7.64. The molecule has 0 radical (unpaired) electrons. The van der Waals surface area contributed by atoms with Crippen molar-refractivity contribution < 1.29 is 22.3 Å². The zero-order chi connectivity index (χ0) is 16.7. The molecule has 1 aliphatic heterocycles. The Balaban J connectivity index is 2.08. The van der Waals surface area contributed by atoms with Gasteiger partial charge in [-0.05, 0) is 50.0 Å². The number of methoxy groups -OCH3 is 1. The monoisotopic (exact) mass is 346 g/mol. The Morgan fingerprint density at radius 1 is 1.39 bits per heavy atom. The van der Waals surface area contributed by atoms with Crippen LogP contribution in [-0.4, -0.2) is 48.4 Å². The predicted octanol–water partition coefficient (Wildman–Crippen LogP) is 1.13. The molecule has 1 aliphatic rings. The van der Waals surface area contributed by atoms with Crippen molar-refractivity contribution in [1.82, 2.24) is 10.0 Å². The van der Waals surface area contributed by atoms with Crippen LogP contribution in [0.15, 0.2) is 23.1 Å². The van der Waals surface area contributed by atoms with Gasteiger partial charge in [-0.2, -0.15) is 0 Å². The minimum Gasteiger partial charge on any atom is -0.490 e. The molecule has 2 rings (SSSR count). The highest BCUT2D eigenvalue weighted by molar-refractivity contribution is 7.89. The summed E-state index contributed by atoms with van der Waals surface area (Å²) in [5, 5.41) is 3.23. The Morgan fingerprint density at radius 3 is 2.91 bits per heavy atom. The Labute approximate surface area is 136 Å². The lowest BCUT2D eigenvalue weighted by Crippen LogP contribution is -2.38. The topological polar surface area (TPSA) is 76.7 Å². The molecule has 0 bridgehead atoms. The first-order valence-corrected chi connectivity index (χ1v) is 9.13. The average molecular weight is 346 g/mol. The van der Waals surface area contributed by atoms with Crippen LogP contribution in [-0.2, 0) is 14.8 Å². The number of rotatable bonds is 8. The molecule has 1 saturated heterocycles. The number of benzene rings is 1. The average Bonchev–Trinajstić information content (AvgIpc) is 2.55. The summed E-state index contributed by atoms with van der Waals surface area (Å²) < 4.78 is 51.2. The van der Waals surface area contributed by atoms with Gasteiger partial charge in [-0.3, -0.25) is 0 Å². The molecule has 0 aromatic heterocycles. The standard InChI is InChI=1S/C15H23FN2O4S/c1-21-7-8-22-14-5-4-13(16)9-15(14)23(19,20)18-11-12-3-2-6-17-10-12/h4-5,9,12,17-18H,2-3,6-8,10-11H2,1H3. The van der Waals surface area contributed by atoms with Crippen molar-refractivity contribution in [2.45, 2.75) is 17.7 Å². The predicted molar refractivity (Wildman–Crippen MR) is 84.6 cm³/mol. The van der Waals surface area contributed by atoms with Crippen LogP contribution >= 0.6 is 0 Å². The van der Waals surface area contributed by atoms with E-state index in [-0.39, 0.29) is 23.2 Å². The van der Waals surface area contributed by atoms with E-state index in [4.69, 9.17) is 9.47 Å². The normalized spacial score (nSPS) is 18.8. The van der Waals surface area contributed by atoms with E-state index in [9.17, 15) is 12.8 Å². The van der Waals surface area contributed by atoms with Gasteiger partial charge in [0.15, 0.2) is 0 Å². The number of nitrogens with one attached hydrogen (secondary N) is 2. The largest absolute Gasteiger partial charge is 0.490 e. The van der Waals surface area contributed by atoms with Gasteiger partial charge in [0.25, 0.3) is 0 Å². The molecular formula is C15H23FN2O4S. The molecule has 0 spiro atoms. The molecule has 6 nitrogen and oxygen atoms in total. The third kappa shape index (κ3) is 5.42. The lowest BCUT2D eigenvalue weighted by Gasteiger charge is -2.23. The molecule has 0 amide bonds. The fraction of sp³-hybridized carbons (Fsp3) is 0.600. The van der Waals surface area contributed by atoms with E-state index in [1.165, 1.54) is 19.2 Å². The number of hydrogen-bond donors (Lipinski definition) is 2. The van der Waals surface area contributed by atoms with Gasteiger partial charge < -0.3 is 14.8 Å². The Bertz CT molecular complexity index is 603. The molecule has 1 fully saturated rings. The zero-order valence-electron chi connectivity index (χ0n) is 13.2. The molecule has 1 heterocycles. The number of ether oxygens (including phenoxy) is 2. The maximum Gasteiger partial charge on any atom is 0.244 e. The summed E-state index contributed by atoms with van der Waals surface area (Å²) in [5.41, 5.74) is 0. The van der Waals surface area contributed by atoms with Gasteiger partial charge in [0.05, 0.1) is 6.61 Å². The highest BCUT2D eigenvalue weighted by Crippen LogP contribution is 2.25. The van der Waals surface area contributed by atoms with Gasteiger partial charge in [-0.25, -0.2) is 17.5 Å². The zero-order valence-corrected chi connectivity index (χ0v) is 14.0. The van der Waals surface area contributed by atoms with Crippen LogP contribution in [0.3, 0.4) is 0 Å². The van der Waals surface area contributed by atoms with Crippen molar-refractivity contribution in [3.8, 4) is 5.75 Å². The van der Waals surface area contributed by atoms with Gasteiger partial charge in [0.1, 0.15) is 23.1 Å². The van der Waals surface area contributed by atoms with Gasteiger partial charge in [0.2, 0.25) is 10.0 Å². The highest BCUT2D eigenvalue weighted by atomic mass is 32.2. The maximum atomic E-state index is 13.5. The number of hydrogen-bond acceptors (Lipinski definition) is 5. The van der Waals surface area contributed by atoms with Crippen molar-refractivity contribution in [2.24, 2.45) is 5.92 Å². The van der Waals surface area contributed by atoms with Crippen molar-refractivity contribution in [3.63, 3.8) is 0 Å². The van der Waals surface area contributed by atoms with Gasteiger partial charge in [-0.15, -0.1) is 0 Å². The summed E-state index contributed by atoms with van der Waals surface area (Å²) in [5.74, 6) is -0.258. The van der Waals surface area contributed by atoms with Crippen molar-refractivity contribution in [2.75, 3.05) is 40.0 Å². The second-order valence-corrected chi connectivity index (χ2v) is 7.23. The third-order valence-corrected chi connectivity index (χ3v) is 5.15. The van der Waals surface area contributed by atoms with Crippen LogP contribution in [0.4, 0.5) is 4.39 Å². The van der Waals surface area contributed by atoms with Crippen molar-refractivity contribution in [1.29, 1.82) is 0 Å². The smallest absolute Gasteiger partial charge is 0.244 e. The number of sulfonamides is 1. The summed E-state index contributed by atoms with van der Waals surface area (Å²) in [7, 11) is -2.31. The maximum absolute atomic E-state index is 13.5. The van der Waals surface area contributed by atoms with Crippen LogP contribution < -0.4 is 14.8 Å². The summed E-state index contributed by atoms with van der Waals surface area (Å²) in [4.78, 5) is -0.183. The molecule has 2 N–H and O–H groups in total. The molecule has 0 aliphatic carbocycles. The fourth-order valence-electron chi connectivity index (χ4n) is 2.45. The van der Waals surface area contributed by atoms with Crippen LogP contribution in [0.2, 0.25) is 0 Å². The lowest BCUT2D eigenvalue weighted by molar-refractivity contribution is 0.144. The summed E-state index contributed by atoms with van der Waals surface area (Å²) in [6.45, 7) is 2.58. The molecule has 130 valence electrons. The SMILES string of the molecule is COCCOc1ccc(F)cc1S(=O)(=O)NCC1CCCNC1. The van der Waals surface area contributed by atoms with Crippen LogP contribution in [0.5, 0.6) is 5.75 Å². The molecule has 1 aromatic carbocycles. The van der Waals surface area contributed by atoms with Gasteiger partial charge >= 0.3 is 0 Å². The molecule has 23 heavy (non-hydrogen) atoms. The van der Waals surface area contributed by atoms with Gasteiger partial charge in [-0.1, -0.05) is 0 Å². The Morgan fingerprint density at radius 2 is 2.22 bits per heavy atom. The van der Waals surface area contributed by atoms with Crippen molar-refractivity contribution in [3.05, 3.63) is 24.0 Å². The van der Waals surface area contributed by atoms with E-state index in [1.54, 1.807) is 0 Å².